The summed E-state index contributed by atoms with van der Waals surface area (Å²) in [6, 6.07) is 3.27. The Labute approximate surface area is 100 Å². The minimum atomic E-state index is -0.957. The number of halogens is 1. The highest BCUT2D eigenvalue weighted by Crippen LogP contribution is 2.22. The standard InChI is InChI=1S/C10H8FN3O4/c1-6-12-10(13-18-6)5-17-7-2-3-9(14(15)16)8(11)4-7/h2-4H,5H2,1H3. The van der Waals surface area contributed by atoms with E-state index in [1.54, 1.807) is 6.92 Å². The number of nitro groups is 1. The van der Waals surface area contributed by atoms with Crippen molar-refractivity contribution in [2.45, 2.75) is 13.5 Å². The van der Waals surface area contributed by atoms with Crippen molar-refractivity contribution in [3.8, 4) is 5.75 Å². The smallest absolute Gasteiger partial charge is 0.305 e. The molecule has 1 aromatic heterocycles. The van der Waals surface area contributed by atoms with Crippen molar-refractivity contribution in [1.29, 1.82) is 0 Å². The molecule has 8 heteroatoms. The van der Waals surface area contributed by atoms with Crippen molar-refractivity contribution < 1.29 is 18.6 Å². The van der Waals surface area contributed by atoms with E-state index in [2.05, 4.69) is 10.1 Å². The lowest BCUT2D eigenvalue weighted by molar-refractivity contribution is -0.387. The van der Waals surface area contributed by atoms with Crippen LogP contribution in [0.15, 0.2) is 22.7 Å². The lowest BCUT2D eigenvalue weighted by atomic mass is 10.3. The SMILES string of the molecule is Cc1nc(COc2ccc([N+](=O)[O-])c(F)c2)no1. The lowest BCUT2D eigenvalue weighted by Crippen LogP contribution is -1.99. The minimum absolute atomic E-state index is 0.00537. The molecule has 0 aliphatic heterocycles. The molecule has 0 saturated heterocycles. The van der Waals surface area contributed by atoms with Gasteiger partial charge in [-0.3, -0.25) is 10.1 Å². The van der Waals surface area contributed by atoms with Crippen LogP contribution in [0, 0.1) is 22.9 Å². The first-order chi connectivity index (χ1) is 8.56. The molecule has 7 nitrogen and oxygen atoms in total. The molecule has 0 bridgehead atoms. The zero-order valence-corrected chi connectivity index (χ0v) is 9.29. The van der Waals surface area contributed by atoms with Crippen molar-refractivity contribution >= 4 is 5.69 Å². The Hall–Kier alpha value is -2.51. The highest BCUT2D eigenvalue weighted by Gasteiger charge is 2.14. The lowest BCUT2D eigenvalue weighted by Gasteiger charge is -2.03. The third-order valence-corrected chi connectivity index (χ3v) is 2.05. The quantitative estimate of drug-likeness (QED) is 0.611. The average molecular weight is 253 g/mol. The van der Waals surface area contributed by atoms with E-state index in [4.69, 9.17) is 9.26 Å². The molecule has 1 aromatic carbocycles. The predicted molar refractivity (Wildman–Crippen MR) is 56.4 cm³/mol. The molecule has 0 unspecified atom stereocenters. The Morgan fingerprint density at radius 1 is 1.56 bits per heavy atom. The molecule has 0 aliphatic carbocycles. The molecule has 0 amide bonds. The highest BCUT2D eigenvalue weighted by molar-refractivity contribution is 5.37. The van der Waals surface area contributed by atoms with Crippen LogP contribution in [0.3, 0.4) is 0 Å². The van der Waals surface area contributed by atoms with Gasteiger partial charge in [0.25, 0.3) is 0 Å². The topological polar surface area (TPSA) is 91.3 Å². The Balaban J connectivity index is 2.06. The molecular weight excluding hydrogens is 245 g/mol. The minimum Gasteiger partial charge on any atom is -0.485 e. The molecule has 0 atom stereocenters. The Morgan fingerprint density at radius 3 is 2.89 bits per heavy atom. The monoisotopic (exact) mass is 253 g/mol. The van der Waals surface area contributed by atoms with Crippen LogP contribution in [0.2, 0.25) is 0 Å². The van der Waals surface area contributed by atoms with E-state index in [1.165, 1.54) is 6.07 Å². The summed E-state index contributed by atoms with van der Waals surface area (Å²) in [5, 5.41) is 14.0. The van der Waals surface area contributed by atoms with Crippen molar-refractivity contribution in [1.82, 2.24) is 10.1 Å². The first-order valence-electron chi connectivity index (χ1n) is 4.92. The largest absolute Gasteiger partial charge is 0.485 e. The van der Waals surface area contributed by atoms with Gasteiger partial charge in [-0.1, -0.05) is 5.16 Å². The number of hydrogen-bond acceptors (Lipinski definition) is 6. The van der Waals surface area contributed by atoms with E-state index in [0.29, 0.717) is 11.7 Å². The number of ether oxygens (including phenoxy) is 1. The molecule has 0 radical (unpaired) electrons. The van der Waals surface area contributed by atoms with Gasteiger partial charge in [-0.05, 0) is 6.07 Å². The number of rotatable bonds is 4. The van der Waals surface area contributed by atoms with Crippen LogP contribution in [0.5, 0.6) is 5.75 Å². The summed E-state index contributed by atoms with van der Waals surface area (Å²) in [5.41, 5.74) is -0.599. The number of hydrogen-bond donors (Lipinski definition) is 0. The molecule has 0 fully saturated rings. The summed E-state index contributed by atoms with van der Waals surface area (Å²) in [7, 11) is 0. The van der Waals surface area contributed by atoms with Gasteiger partial charge in [-0.15, -0.1) is 0 Å². The van der Waals surface area contributed by atoms with Crippen LogP contribution in [-0.4, -0.2) is 15.1 Å². The maximum Gasteiger partial charge on any atom is 0.305 e. The molecule has 2 aromatic rings. The Morgan fingerprint density at radius 2 is 2.33 bits per heavy atom. The first-order valence-corrected chi connectivity index (χ1v) is 4.92. The van der Waals surface area contributed by atoms with E-state index >= 15 is 0 Å². The predicted octanol–water partition coefficient (Wildman–Crippen LogP) is 2.00. The maximum absolute atomic E-state index is 13.3. The van der Waals surface area contributed by atoms with Gasteiger partial charge in [0.05, 0.1) is 4.92 Å². The van der Waals surface area contributed by atoms with Crippen LogP contribution in [0.4, 0.5) is 10.1 Å². The van der Waals surface area contributed by atoms with Gasteiger partial charge in [0.2, 0.25) is 17.5 Å². The average Bonchev–Trinajstić information content (AvgIpc) is 2.72. The van der Waals surface area contributed by atoms with E-state index in [0.717, 1.165) is 12.1 Å². The summed E-state index contributed by atoms with van der Waals surface area (Å²) in [5.74, 6) is -0.0999. The number of aromatic nitrogens is 2. The van der Waals surface area contributed by atoms with Crippen molar-refractivity contribution in [3.63, 3.8) is 0 Å². The van der Waals surface area contributed by atoms with Gasteiger partial charge in [-0.2, -0.15) is 9.37 Å². The zero-order chi connectivity index (χ0) is 13.1. The first kappa shape index (κ1) is 12.0. The Bertz CT molecular complexity index is 584. The molecule has 0 aliphatic rings. The van der Waals surface area contributed by atoms with Gasteiger partial charge < -0.3 is 9.26 Å². The molecule has 18 heavy (non-hydrogen) atoms. The molecule has 2 rings (SSSR count). The summed E-state index contributed by atoms with van der Waals surface area (Å²) in [6.45, 7) is 1.62. The molecule has 0 saturated carbocycles. The van der Waals surface area contributed by atoms with Gasteiger partial charge in [0.15, 0.2) is 6.61 Å². The molecular formula is C10H8FN3O4. The second-order valence-electron chi connectivity index (χ2n) is 3.39. The number of aryl methyl sites for hydroxylation is 1. The van der Waals surface area contributed by atoms with Crippen LogP contribution >= 0.6 is 0 Å². The Kier molecular flexibility index (Phi) is 3.18. The van der Waals surface area contributed by atoms with Crippen molar-refractivity contribution in [2.75, 3.05) is 0 Å². The van der Waals surface area contributed by atoms with Crippen LogP contribution < -0.4 is 4.74 Å². The fourth-order valence-electron chi connectivity index (χ4n) is 1.27. The molecule has 94 valence electrons. The zero-order valence-electron chi connectivity index (χ0n) is 9.29. The van der Waals surface area contributed by atoms with Crippen molar-refractivity contribution in [3.05, 3.63) is 45.8 Å². The summed E-state index contributed by atoms with van der Waals surface area (Å²) < 4.78 is 23.2. The van der Waals surface area contributed by atoms with Gasteiger partial charge in [0, 0.05) is 19.1 Å². The fraction of sp³-hybridized carbons (Fsp3) is 0.200. The molecule has 1 heterocycles. The van der Waals surface area contributed by atoms with Crippen LogP contribution in [0.25, 0.3) is 0 Å². The molecule has 0 N–H and O–H groups in total. The van der Waals surface area contributed by atoms with Crippen LogP contribution in [-0.2, 0) is 6.61 Å². The number of nitro benzene ring substituents is 1. The highest BCUT2D eigenvalue weighted by atomic mass is 19.1. The fourth-order valence-corrected chi connectivity index (χ4v) is 1.27. The third kappa shape index (κ3) is 2.59. The van der Waals surface area contributed by atoms with E-state index in [1.807, 2.05) is 0 Å². The van der Waals surface area contributed by atoms with Gasteiger partial charge in [0.1, 0.15) is 5.75 Å². The van der Waals surface area contributed by atoms with Crippen LogP contribution in [0.1, 0.15) is 11.7 Å². The van der Waals surface area contributed by atoms with Crippen molar-refractivity contribution in [2.24, 2.45) is 0 Å². The maximum atomic E-state index is 13.3. The summed E-state index contributed by atoms with van der Waals surface area (Å²) in [4.78, 5) is 13.5. The molecule has 0 spiro atoms. The van der Waals surface area contributed by atoms with E-state index in [-0.39, 0.29) is 12.4 Å². The second-order valence-corrected chi connectivity index (χ2v) is 3.39. The van der Waals surface area contributed by atoms with E-state index in [9.17, 15) is 14.5 Å². The van der Waals surface area contributed by atoms with E-state index < -0.39 is 16.4 Å². The summed E-state index contributed by atoms with van der Waals surface area (Å²) in [6.07, 6.45) is 0. The van der Waals surface area contributed by atoms with Gasteiger partial charge >= 0.3 is 5.69 Å². The summed E-state index contributed by atoms with van der Waals surface area (Å²) >= 11 is 0. The normalized spacial score (nSPS) is 10.3. The number of nitrogens with zero attached hydrogens (tertiary/aromatic N) is 3. The third-order valence-electron chi connectivity index (χ3n) is 2.05. The number of benzene rings is 1. The second kappa shape index (κ2) is 4.78. The van der Waals surface area contributed by atoms with Gasteiger partial charge in [-0.25, -0.2) is 0 Å².